The lowest BCUT2D eigenvalue weighted by molar-refractivity contribution is -0.132. The Morgan fingerprint density at radius 3 is 2.58 bits per heavy atom. The van der Waals surface area contributed by atoms with Crippen LogP contribution in [0, 0.1) is 0 Å². The van der Waals surface area contributed by atoms with Crippen molar-refractivity contribution in [2.75, 3.05) is 32.7 Å². The summed E-state index contributed by atoms with van der Waals surface area (Å²) in [6, 6.07) is 12.3. The maximum absolute atomic E-state index is 11.9. The second kappa shape index (κ2) is 8.12. The fraction of sp³-hybridized carbons (Fsp3) is 0.389. The summed E-state index contributed by atoms with van der Waals surface area (Å²) in [5, 5.41) is 0.790. The van der Waals surface area contributed by atoms with Gasteiger partial charge in [-0.3, -0.25) is 9.69 Å². The van der Waals surface area contributed by atoms with E-state index in [9.17, 15) is 4.79 Å². The molecule has 1 aromatic carbocycles. The minimum absolute atomic E-state index is 0.175. The van der Waals surface area contributed by atoms with Crippen LogP contribution < -0.4 is 5.73 Å². The van der Waals surface area contributed by atoms with E-state index < -0.39 is 0 Å². The van der Waals surface area contributed by atoms with Crippen LogP contribution in [0.3, 0.4) is 0 Å². The topological polar surface area (TPSA) is 49.6 Å². The van der Waals surface area contributed by atoms with Crippen LogP contribution in [-0.2, 0) is 11.3 Å². The number of nitrogens with zero attached hydrogens (tertiary/aromatic N) is 2. The van der Waals surface area contributed by atoms with E-state index >= 15 is 0 Å². The predicted octanol–water partition coefficient (Wildman–Crippen LogP) is 3.06. The molecule has 0 spiro atoms. The summed E-state index contributed by atoms with van der Waals surface area (Å²) >= 11 is 8.07. The Hall–Kier alpha value is -1.40. The number of halogens is 1. The first kappa shape index (κ1) is 17.4. The molecule has 0 atom stereocenters. The highest BCUT2D eigenvalue weighted by Crippen LogP contribution is 2.33. The van der Waals surface area contributed by atoms with Gasteiger partial charge in [0.25, 0.3) is 0 Å². The zero-order valence-corrected chi connectivity index (χ0v) is 15.2. The number of hydrogen-bond donors (Lipinski definition) is 1. The first-order valence-electron chi connectivity index (χ1n) is 8.21. The Morgan fingerprint density at radius 2 is 1.88 bits per heavy atom. The van der Waals surface area contributed by atoms with Crippen molar-refractivity contribution in [3.63, 3.8) is 0 Å². The zero-order chi connectivity index (χ0) is 16.9. The van der Waals surface area contributed by atoms with Gasteiger partial charge in [0.2, 0.25) is 5.91 Å². The lowest BCUT2D eigenvalue weighted by Crippen LogP contribution is -2.48. The van der Waals surface area contributed by atoms with Crippen LogP contribution in [0.4, 0.5) is 0 Å². The van der Waals surface area contributed by atoms with Crippen LogP contribution >= 0.6 is 22.9 Å². The van der Waals surface area contributed by atoms with E-state index in [1.165, 1.54) is 9.75 Å². The molecule has 0 radical (unpaired) electrons. The van der Waals surface area contributed by atoms with Crippen LogP contribution in [-0.4, -0.2) is 48.4 Å². The third kappa shape index (κ3) is 4.16. The van der Waals surface area contributed by atoms with Crippen LogP contribution in [0.1, 0.15) is 11.3 Å². The normalized spacial score (nSPS) is 15.7. The molecule has 2 aromatic rings. The quantitative estimate of drug-likeness (QED) is 0.888. The largest absolute Gasteiger partial charge is 0.340 e. The summed E-state index contributed by atoms with van der Waals surface area (Å²) in [7, 11) is 0. The second-order valence-corrected chi connectivity index (χ2v) is 7.52. The molecule has 0 aliphatic carbocycles. The van der Waals surface area contributed by atoms with Crippen molar-refractivity contribution >= 4 is 28.8 Å². The SMILES string of the molecule is NCCC(=O)N1CCN(Cc2ccc(-c3ccccc3Cl)s2)CC1. The van der Waals surface area contributed by atoms with Crippen LogP contribution in [0.15, 0.2) is 36.4 Å². The molecule has 1 amide bonds. The average Bonchev–Trinajstić information content (AvgIpc) is 3.04. The molecule has 1 aromatic heterocycles. The van der Waals surface area contributed by atoms with Crippen LogP contribution in [0.2, 0.25) is 5.02 Å². The van der Waals surface area contributed by atoms with Gasteiger partial charge in [0, 0.05) is 66.0 Å². The number of amides is 1. The molecule has 128 valence electrons. The molecule has 3 rings (SSSR count). The number of carbonyl (C=O) groups excluding carboxylic acids is 1. The standard InChI is InChI=1S/C18H22ClN3OS/c19-16-4-2-1-3-15(16)17-6-5-14(24-17)13-21-9-11-22(12-10-21)18(23)7-8-20/h1-6H,7-13,20H2. The van der Waals surface area contributed by atoms with E-state index in [2.05, 4.69) is 23.1 Å². The lowest BCUT2D eigenvalue weighted by Gasteiger charge is -2.34. The van der Waals surface area contributed by atoms with E-state index in [1.807, 2.05) is 23.1 Å². The van der Waals surface area contributed by atoms with Crippen molar-refractivity contribution in [3.05, 3.63) is 46.3 Å². The molecular weight excluding hydrogens is 342 g/mol. The smallest absolute Gasteiger partial charge is 0.223 e. The molecular formula is C18H22ClN3OS. The van der Waals surface area contributed by atoms with Crippen molar-refractivity contribution in [1.29, 1.82) is 0 Å². The molecule has 6 heteroatoms. The van der Waals surface area contributed by atoms with Gasteiger partial charge in [-0.2, -0.15) is 0 Å². The van der Waals surface area contributed by atoms with Crippen LogP contribution in [0.25, 0.3) is 10.4 Å². The predicted molar refractivity (Wildman–Crippen MR) is 100 cm³/mol. The van der Waals surface area contributed by atoms with Gasteiger partial charge in [0.1, 0.15) is 0 Å². The van der Waals surface area contributed by atoms with E-state index in [-0.39, 0.29) is 5.91 Å². The first-order valence-corrected chi connectivity index (χ1v) is 9.40. The number of thiophene rings is 1. The number of piperazine rings is 1. The number of carbonyl (C=O) groups is 1. The third-order valence-corrected chi connectivity index (χ3v) is 5.70. The summed E-state index contributed by atoms with van der Waals surface area (Å²) in [5.41, 5.74) is 6.55. The van der Waals surface area contributed by atoms with Gasteiger partial charge in [-0.25, -0.2) is 0 Å². The second-order valence-electron chi connectivity index (χ2n) is 5.94. The van der Waals surface area contributed by atoms with Crippen molar-refractivity contribution in [2.45, 2.75) is 13.0 Å². The van der Waals surface area contributed by atoms with E-state index in [0.717, 1.165) is 43.3 Å². The van der Waals surface area contributed by atoms with E-state index in [4.69, 9.17) is 17.3 Å². The van der Waals surface area contributed by atoms with E-state index in [1.54, 1.807) is 11.3 Å². The van der Waals surface area contributed by atoms with Crippen molar-refractivity contribution in [3.8, 4) is 10.4 Å². The number of hydrogen-bond acceptors (Lipinski definition) is 4. The Bertz CT molecular complexity index is 695. The van der Waals surface area contributed by atoms with Gasteiger partial charge in [-0.1, -0.05) is 29.8 Å². The maximum atomic E-state index is 11.9. The van der Waals surface area contributed by atoms with E-state index in [0.29, 0.717) is 13.0 Å². The summed E-state index contributed by atoms with van der Waals surface area (Å²) in [5.74, 6) is 0.175. The molecule has 1 aliphatic rings. The average molecular weight is 364 g/mol. The monoisotopic (exact) mass is 363 g/mol. The summed E-state index contributed by atoms with van der Waals surface area (Å²) in [6.45, 7) is 4.77. The molecule has 2 heterocycles. The van der Waals surface area contributed by atoms with Crippen molar-refractivity contribution in [2.24, 2.45) is 5.73 Å². The highest BCUT2D eigenvalue weighted by Gasteiger charge is 2.21. The van der Waals surface area contributed by atoms with Gasteiger partial charge in [0.05, 0.1) is 0 Å². The van der Waals surface area contributed by atoms with Gasteiger partial charge in [-0.05, 0) is 18.2 Å². The van der Waals surface area contributed by atoms with Crippen LogP contribution in [0.5, 0.6) is 0 Å². The molecule has 0 saturated carbocycles. The van der Waals surface area contributed by atoms with Gasteiger partial charge in [0.15, 0.2) is 0 Å². The lowest BCUT2D eigenvalue weighted by atomic mass is 10.2. The molecule has 1 fully saturated rings. The summed E-state index contributed by atoms with van der Waals surface area (Å²) < 4.78 is 0. The summed E-state index contributed by atoms with van der Waals surface area (Å²) in [4.78, 5) is 18.7. The zero-order valence-electron chi connectivity index (χ0n) is 13.6. The molecule has 4 nitrogen and oxygen atoms in total. The fourth-order valence-corrected chi connectivity index (χ4v) is 4.31. The maximum Gasteiger partial charge on any atom is 0.223 e. The van der Waals surface area contributed by atoms with Gasteiger partial charge >= 0.3 is 0 Å². The molecule has 24 heavy (non-hydrogen) atoms. The van der Waals surface area contributed by atoms with Gasteiger partial charge in [-0.15, -0.1) is 11.3 Å². The highest BCUT2D eigenvalue weighted by atomic mass is 35.5. The molecule has 1 saturated heterocycles. The Labute approximate surface area is 151 Å². The third-order valence-electron chi connectivity index (χ3n) is 4.26. The minimum Gasteiger partial charge on any atom is -0.340 e. The number of nitrogens with two attached hydrogens (primary N) is 1. The Morgan fingerprint density at radius 1 is 1.12 bits per heavy atom. The molecule has 1 aliphatic heterocycles. The van der Waals surface area contributed by atoms with Gasteiger partial charge < -0.3 is 10.6 Å². The minimum atomic E-state index is 0.175. The van der Waals surface area contributed by atoms with Crippen molar-refractivity contribution < 1.29 is 4.79 Å². The first-order chi connectivity index (χ1) is 11.7. The highest BCUT2D eigenvalue weighted by molar-refractivity contribution is 7.15. The molecule has 0 unspecified atom stereocenters. The Kier molecular flexibility index (Phi) is 5.89. The number of benzene rings is 1. The fourth-order valence-electron chi connectivity index (χ4n) is 2.93. The summed E-state index contributed by atoms with van der Waals surface area (Å²) in [6.07, 6.45) is 0.451. The number of rotatable bonds is 5. The molecule has 2 N–H and O–H groups in total. The Balaban J connectivity index is 1.57. The molecule has 0 bridgehead atoms. The van der Waals surface area contributed by atoms with Crippen molar-refractivity contribution in [1.82, 2.24) is 9.80 Å².